The highest BCUT2D eigenvalue weighted by Gasteiger charge is 2.24. The topological polar surface area (TPSA) is 92.4 Å². The molecule has 0 radical (unpaired) electrons. The summed E-state index contributed by atoms with van der Waals surface area (Å²) in [7, 11) is 1.57. The summed E-state index contributed by atoms with van der Waals surface area (Å²) in [6.45, 7) is 6.96. The SMILES string of the molecule is CCN(CC)c1cc2oc(-c3ccc(F)cc3)c(C(=O)NC)c2cc1-c1cccc(C(=O)NCCCn2ccnc2)c1. The van der Waals surface area contributed by atoms with Crippen LogP contribution >= 0.6 is 0 Å². The van der Waals surface area contributed by atoms with Crippen LogP contribution in [0.2, 0.25) is 0 Å². The second kappa shape index (κ2) is 12.7. The van der Waals surface area contributed by atoms with Crippen LogP contribution in [-0.2, 0) is 6.54 Å². The molecule has 2 heterocycles. The number of fused-ring (bicyclic) bond motifs is 1. The summed E-state index contributed by atoms with van der Waals surface area (Å²) in [6.07, 6.45) is 6.17. The van der Waals surface area contributed by atoms with Gasteiger partial charge in [-0.2, -0.15) is 0 Å². The van der Waals surface area contributed by atoms with Crippen molar-refractivity contribution in [3.05, 3.63) is 96.3 Å². The minimum Gasteiger partial charge on any atom is -0.455 e. The molecule has 0 aliphatic rings. The molecule has 5 aromatic rings. The summed E-state index contributed by atoms with van der Waals surface area (Å²) >= 11 is 0. The van der Waals surface area contributed by atoms with Crippen LogP contribution < -0.4 is 15.5 Å². The fraction of sp³-hybridized carbons (Fsp3) is 0.242. The van der Waals surface area contributed by atoms with Crippen LogP contribution in [0.4, 0.5) is 10.1 Å². The van der Waals surface area contributed by atoms with E-state index in [1.54, 1.807) is 37.8 Å². The predicted octanol–water partition coefficient (Wildman–Crippen LogP) is 6.13. The Labute approximate surface area is 244 Å². The number of halogens is 1. The van der Waals surface area contributed by atoms with Crippen molar-refractivity contribution in [3.8, 4) is 22.5 Å². The molecule has 8 nitrogen and oxygen atoms in total. The van der Waals surface area contributed by atoms with Crippen molar-refractivity contribution in [1.82, 2.24) is 20.2 Å². The minimum absolute atomic E-state index is 0.152. The Kier molecular flexibility index (Phi) is 8.66. The Morgan fingerprint density at radius 3 is 2.48 bits per heavy atom. The molecule has 0 unspecified atom stereocenters. The zero-order valence-corrected chi connectivity index (χ0v) is 24.0. The highest BCUT2D eigenvalue weighted by Crippen LogP contribution is 2.41. The Morgan fingerprint density at radius 1 is 1.00 bits per heavy atom. The van der Waals surface area contributed by atoms with Gasteiger partial charge in [-0.05, 0) is 68.3 Å². The first-order valence-corrected chi connectivity index (χ1v) is 14.1. The van der Waals surface area contributed by atoms with Gasteiger partial charge in [-0.15, -0.1) is 0 Å². The predicted molar refractivity (Wildman–Crippen MR) is 163 cm³/mol. The number of aryl methyl sites for hydroxylation is 1. The maximum Gasteiger partial charge on any atom is 0.255 e. The fourth-order valence-corrected chi connectivity index (χ4v) is 5.16. The Morgan fingerprint density at radius 2 is 1.79 bits per heavy atom. The summed E-state index contributed by atoms with van der Waals surface area (Å²) < 4.78 is 21.9. The van der Waals surface area contributed by atoms with Crippen LogP contribution in [0.5, 0.6) is 0 Å². The van der Waals surface area contributed by atoms with E-state index in [1.165, 1.54) is 12.1 Å². The Bertz CT molecular complexity index is 1690. The maximum atomic E-state index is 13.7. The molecular formula is C33H34FN5O3. The van der Waals surface area contributed by atoms with Gasteiger partial charge in [-0.3, -0.25) is 9.59 Å². The lowest BCUT2D eigenvalue weighted by Gasteiger charge is -2.24. The fourth-order valence-electron chi connectivity index (χ4n) is 5.16. The van der Waals surface area contributed by atoms with Gasteiger partial charge in [-0.25, -0.2) is 9.37 Å². The molecule has 9 heteroatoms. The van der Waals surface area contributed by atoms with Gasteiger partial charge in [-0.1, -0.05) is 12.1 Å². The molecule has 216 valence electrons. The molecule has 0 atom stereocenters. The molecule has 0 saturated carbocycles. The molecule has 42 heavy (non-hydrogen) atoms. The third-order valence-corrected chi connectivity index (χ3v) is 7.34. The van der Waals surface area contributed by atoms with Gasteiger partial charge in [0.1, 0.15) is 17.2 Å². The number of imidazole rings is 1. The summed E-state index contributed by atoms with van der Waals surface area (Å²) in [4.78, 5) is 32.5. The number of anilines is 1. The van der Waals surface area contributed by atoms with Gasteiger partial charge in [0.15, 0.2) is 0 Å². The van der Waals surface area contributed by atoms with Crippen LogP contribution in [0.25, 0.3) is 33.4 Å². The molecule has 0 spiro atoms. The van der Waals surface area contributed by atoms with Crippen LogP contribution in [0.1, 0.15) is 41.0 Å². The smallest absolute Gasteiger partial charge is 0.255 e. The van der Waals surface area contributed by atoms with Crippen molar-refractivity contribution in [2.45, 2.75) is 26.8 Å². The van der Waals surface area contributed by atoms with Crippen molar-refractivity contribution in [1.29, 1.82) is 0 Å². The molecule has 0 aliphatic carbocycles. The zero-order chi connectivity index (χ0) is 29.6. The molecule has 0 aliphatic heterocycles. The lowest BCUT2D eigenvalue weighted by molar-refractivity contribution is 0.0948. The van der Waals surface area contributed by atoms with E-state index in [0.717, 1.165) is 42.9 Å². The van der Waals surface area contributed by atoms with E-state index in [1.807, 2.05) is 41.1 Å². The first-order valence-electron chi connectivity index (χ1n) is 14.1. The number of nitrogens with zero attached hydrogens (tertiary/aromatic N) is 3. The largest absolute Gasteiger partial charge is 0.455 e. The minimum atomic E-state index is -0.371. The molecule has 2 N–H and O–H groups in total. The van der Waals surface area contributed by atoms with Crippen molar-refractivity contribution in [2.24, 2.45) is 0 Å². The van der Waals surface area contributed by atoms with Gasteiger partial charge in [0.25, 0.3) is 11.8 Å². The lowest BCUT2D eigenvalue weighted by atomic mass is 9.96. The second-order valence-corrected chi connectivity index (χ2v) is 9.92. The monoisotopic (exact) mass is 567 g/mol. The third-order valence-electron chi connectivity index (χ3n) is 7.34. The van der Waals surface area contributed by atoms with E-state index in [-0.39, 0.29) is 17.6 Å². The van der Waals surface area contributed by atoms with Crippen LogP contribution in [0, 0.1) is 5.82 Å². The second-order valence-electron chi connectivity index (χ2n) is 9.92. The van der Waals surface area contributed by atoms with E-state index in [0.29, 0.717) is 40.0 Å². The number of carbonyl (C=O) groups is 2. The molecule has 5 rings (SSSR count). The van der Waals surface area contributed by atoms with Gasteiger partial charge < -0.3 is 24.5 Å². The Hall–Kier alpha value is -4.92. The van der Waals surface area contributed by atoms with Crippen molar-refractivity contribution < 1.29 is 18.4 Å². The first kappa shape index (κ1) is 28.6. The van der Waals surface area contributed by atoms with Gasteiger partial charge in [0.05, 0.1) is 11.9 Å². The highest BCUT2D eigenvalue weighted by atomic mass is 19.1. The van der Waals surface area contributed by atoms with Crippen LogP contribution in [0.15, 0.2) is 83.8 Å². The summed E-state index contributed by atoms with van der Waals surface area (Å²) in [5.74, 6) is -0.459. The quantitative estimate of drug-likeness (QED) is 0.187. The molecule has 3 aromatic carbocycles. The van der Waals surface area contributed by atoms with E-state index < -0.39 is 0 Å². The van der Waals surface area contributed by atoms with Crippen LogP contribution in [-0.4, -0.2) is 48.0 Å². The number of benzene rings is 3. The van der Waals surface area contributed by atoms with Crippen LogP contribution in [0.3, 0.4) is 0 Å². The lowest BCUT2D eigenvalue weighted by Crippen LogP contribution is -2.25. The summed E-state index contributed by atoms with van der Waals surface area (Å²) in [6, 6.07) is 17.3. The average molecular weight is 568 g/mol. The number of hydrogen-bond donors (Lipinski definition) is 2. The van der Waals surface area contributed by atoms with Crippen molar-refractivity contribution >= 4 is 28.5 Å². The van der Waals surface area contributed by atoms with Gasteiger partial charge in [0.2, 0.25) is 0 Å². The molecular weight excluding hydrogens is 533 g/mol. The highest BCUT2D eigenvalue weighted by molar-refractivity contribution is 6.13. The standard InChI is InChI=1S/C33H34FN5O3/c1-4-39(5-2)28-20-29-27(30(33(41)35-3)31(42-29)22-10-12-25(34)13-11-22)19-26(28)23-8-6-9-24(18-23)32(40)37-14-7-16-38-17-15-36-21-38/h6,8-13,15,17-21H,4-5,7,14,16H2,1-3H3,(H,35,41)(H,37,40). The van der Waals surface area contributed by atoms with Crippen molar-refractivity contribution in [3.63, 3.8) is 0 Å². The number of rotatable bonds is 11. The average Bonchev–Trinajstić information content (AvgIpc) is 3.67. The number of furan rings is 1. The van der Waals surface area contributed by atoms with E-state index in [4.69, 9.17) is 4.42 Å². The summed E-state index contributed by atoms with van der Waals surface area (Å²) in [5.41, 5.74) is 4.71. The number of aromatic nitrogens is 2. The maximum absolute atomic E-state index is 13.7. The molecule has 2 amide bonds. The van der Waals surface area contributed by atoms with E-state index in [2.05, 4.69) is 34.4 Å². The third kappa shape index (κ3) is 5.90. The molecule has 2 aromatic heterocycles. The normalized spacial score (nSPS) is 11.0. The van der Waals surface area contributed by atoms with E-state index in [9.17, 15) is 14.0 Å². The number of amides is 2. The summed E-state index contributed by atoms with van der Waals surface area (Å²) in [5, 5.41) is 6.36. The number of nitrogens with one attached hydrogen (secondary N) is 2. The molecule has 0 saturated heterocycles. The van der Waals surface area contributed by atoms with E-state index >= 15 is 0 Å². The Balaban J connectivity index is 1.55. The molecule has 0 fully saturated rings. The first-order chi connectivity index (χ1) is 20.4. The van der Waals surface area contributed by atoms with Gasteiger partial charge >= 0.3 is 0 Å². The zero-order valence-electron chi connectivity index (χ0n) is 24.0. The number of hydrogen-bond acceptors (Lipinski definition) is 5. The van der Waals surface area contributed by atoms with Crippen molar-refractivity contribution in [2.75, 3.05) is 31.6 Å². The molecule has 0 bridgehead atoms. The van der Waals surface area contributed by atoms with Gasteiger partial charge in [0, 0.05) is 79.5 Å². The number of carbonyl (C=O) groups excluding carboxylic acids is 2.